The second-order valence-corrected chi connectivity index (χ2v) is 7.13. The Labute approximate surface area is 128 Å². The largest absolute Gasteiger partial charge is 0.444 e. The first-order valence-corrected chi connectivity index (χ1v) is 7.87. The van der Waals surface area contributed by atoms with Crippen LogP contribution in [-0.4, -0.2) is 29.7 Å². The van der Waals surface area contributed by atoms with Gasteiger partial charge in [-0.2, -0.15) is 0 Å². The summed E-state index contributed by atoms with van der Waals surface area (Å²) in [5, 5.41) is 0. The van der Waals surface area contributed by atoms with E-state index < -0.39 is 5.60 Å². The molecule has 1 heterocycles. The van der Waals surface area contributed by atoms with E-state index in [-0.39, 0.29) is 6.09 Å². The average Bonchev–Trinajstić information content (AvgIpc) is 2.37. The van der Waals surface area contributed by atoms with E-state index in [1.807, 2.05) is 25.7 Å². The van der Waals surface area contributed by atoms with Crippen molar-refractivity contribution < 1.29 is 9.53 Å². The molecule has 1 aliphatic heterocycles. The van der Waals surface area contributed by atoms with Crippen LogP contribution in [-0.2, 0) is 11.2 Å². The fraction of sp³-hybridized carbons (Fsp3) is 0.611. The molecule has 3 nitrogen and oxygen atoms in total. The van der Waals surface area contributed by atoms with Crippen LogP contribution in [0, 0.1) is 12.8 Å². The molecule has 0 aromatic heterocycles. The molecule has 1 aromatic rings. The number of likely N-dealkylation sites (tertiary alicyclic amines) is 1. The molecule has 0 saturated carbocycles. The number of nitrogens with zero attached hydrogens (tertiary/aromatic N) is 1. The molecule has 1 atom stereocenters. The molecule has 0 radical (unpaired) electrons. The monoisotopic (exact) mass is 289 g/mol. The van der Waals surface area contributed by atoms with E-state index in [2.05, 4.69) is 31.2 Å². The summed E-state index contributed by atoms with van der Waals surface area (Å²) in [6, 6.07) is 8.66. The summed E-state index contributed by atoms with van der Waals surface area (Å²) in [7, 11) is 0. The van der Waals surface area contributed by atoms with Crippen LogP contribution in [0.2, 0.25) is 0 Å². The number of rotatable bonds is 2. The van der Waals surface area contributed by atoms with Gasteiger partial charge in [0.25, 0.3) is 0 Å². The zero-order chi connectivity index (χ0) is 15.5. The Balaban J connectivity index is 1.93. The Hall–Kier alpha value is -1.51. The second-order valence-electron chi connectivity index (χ2n) is 7.13. The Kier molecular flexibility index (Phi) is 4.92. The van der Waals surface area contributed by atoms with Crippen LogP contribution in [0.25, 0.3) is 0 Å². The molecule has 21 heavy (non-hydrogen) atoms. The van der Waals surface area contributed by atoms with Gasteiger partial charge in [0, 0.05) is 13.1 Å². The maximum atomic E-state index is 12.2. The van der Waals surface area contributed by atoms with Crippen molar-refractivity contribution >= 4 is 6.09 Å². The third-order valence-corrected chi connectivity index (χ3v) is 3.78. The fourth-order valence-electron chi connectivity index (χ4n) is 2.90. The van der Waals surface area contributed by atoms with Gasteiger partial charge in [0.2, 0.25) is 0 Å². The normalized spacial score (nSPS) is 19.4. The molecule has 0 N–H and O–H groups in total. The van der Waals surface area contributed by atoms with Crippen molar-refractivity contribution in [2.24, 2.45) is 5.92 Å². The first-order chi connectivity index (χ1) is 9.83. The molecule has 1 aromatic carbocycles. The van der Waals surface area contributed by atoms with Gasteiger partial charge in [0.15, 0.2) is 0 Å². The SMILES string of the molecule is Cc1cccc(C[C@@H]2CCCN(C(=O)OC(C)(C)C)C2)c1. The Morgan fingerprint density at radius 1 is 1.38 bits per heavy atom. The van der Waals surface area contributed by atoms with Gasteiger partial charge in [-0.15, -0.1) is 0 Å². The minimum atomic E-state index is -0.416. The number of ether oxygens (including phenoxy) is 1. The smallest absolute Gasteiger partial charge is 0.410 e. The number of aryl methyl sites for hydroxylation is 1. The summed E-state index contributed by atoms with van der Waals surface area (Å²) in [6.07, 6.45) is 3.13. The number of hydrogen-bond acceptors (Lipinski definition) is 2. The minimum Gasteiger partial charge on any atom is -0.444 e. The van der Waals surface area contributed by atoms with Crippen molar-refractivity contribution in [3.63, 3.8) is 0 Å². The molecular weight excluding hydrogens is 262 g/mol. The number of piperidine rings is 1. The summed E-state index contributed by atoms with van der Waals surface area (Å²) < 4.78 is 5.48. The zero-order valence-corrected chi connectivity index (χ0v) is 13.7. The fourth-order valence-corrected chi connectivity index (χ4v) is 2.90. The Bertz CT molecular complexity index is 490. The number of hydrogen-bond donors (Lipinski definition) is 0. The van der Waals surface area contributed by atoms with Crippen LogP contribution in [0.4, 0.5) is 4.79 Å². The lowest BCUT2D eigenvalue weighted by Crippen LogP contribution is -2.43. The summed E-state index contributed by atoms with van der Waals surface area (Å²) in [5.41, 5.74) is 2.25. The molecule has 1 saturated heterocycles. The molecule has 3 heteroatoms. The quantitative estimate of drug-likeness (QED) is 0.817. The van der Waals surface area contributed by atoms with Crippen LogP contribution in [0.5, 0.6) is 0 Å². The van der Waals surface area contributed by atoms with Gasteiger partial charge in [-0.05, 0) is 58.4 Å². The van der Waals surface area contributed by atoms with Crippen LogP contribution >= 0.6 is 0 Å². The van der Waals surface area contributed by atoms with E-state index in [1.54, 1.807) is 0 Å². The highest BCUT2D eigenvalue weighted by molar-refractivity contribution is 5.68. The van der Waals surface area contributed by atoms with Crippen molar-refractivity contribution in [1.82, 2.24) is 4.90 Å². The lowest BCUT2D eigenvalue weighted by molar-refractivity contribution is 0.0166. The molecule has 1 amide bonds. The Morgan fingerprint density at radius 3 is 2.81 bits per heavy atom. The van der Waals surface area contributed by atoms with Gasteiger partial charge in [0.05, 0.1) is 0 Å². The molecule has 1 aliphatic rings. The van der Waals surface area contributed by atoms with E-state index >= 15 is 0 Å². The van der Waals surface area contributed by atoms with Gasteiger partial charge < -0.3 is 9.64 Å². The first-order valence-electron chi connectivity index (χ1n) is 7.87. The predicted molar refractivity (Wildman–Crippen MR) is 85.4 cm³/mol. The van der Waals surface area contributed by atoms with Crippen molar-refractivity contribution in [3.8, 4) is 0 Å². The number of amides is 1. The van der Waals surface area contributed by atoms with Gasteiger partial charge in [0.1, 0.15) is 5.60 Å². The number of carbonyl (C=O) groups excluding carboxylic acids is 1. The third kappa shape index (κ3) is 5.07. The maximum absolute atomic E-state index is 12.2. The van der Waals surface area contributed by atoms with Gasteiger partial charge in [-0.25, -0.2) is 4.79 Å². The van der Waals surface area contributed by atoms with E-state index in [0.717, 1.165) is 25.9 Å². The Morgan fingerprint density at radius 2 is 2.14 bits per heavy atom. The van der Waals surface area contributed by atoms with Crippen LogP contribution in [0.1, 0.15) is 44.7 Å². The highest BCUT2D eigenvalue weighted by atomic mass is 16.6. The molecule has 0 aliphatic carbocycles. The molecule has 0 spiro atoms. The summed E-state index contributed by atoms with van der Waals surface area (Å²) in [6.45, 7) is 9.50. The summed E-state index contributed by atoms with van der Waals surface area (Å²) >= 11 is 0. The first kappa shape index (κ1) is 15.9. The van der Waals surface area contributed by atoms with Crippen molar-refractivity contribution in [3.05, 3.63) is 35.4 Å². The van der Waals surface area contributed by atoms with E-state index in [4.69, 9.17) is 4.74 Å². The minimum absolute atomic E-state index is 0.170. The van der Waals surface area contributed by atoms with Crippen LogP contribution < -0.4 is 0 Å². The van der Waals surface area contributed by atoms with Gasteiger partial charge in [-0.3, -0.25) is 0 Å². The molecular formula is C18H27NO2. The lowest BCUT2D eigenvalue weighted by Gasteiger charge is -2.34. The number of carbonyl (C=O) groups is 1. The molecule has 2 rings (SSSR count). The zero-order valence-electron chi connectivity index (χ0n) is 13.7. The predicted octanol–water partition coefficient (Wildman–Crippen LogP) is 4.18. The van der Waals surface area contributed by atoms with Gasteiger partial charge >= 0.3 is 6.09 Å². The molecule has 0 bridgehead atoms. The van der Waals surface area contributed by atoms with Crippen molar-refractivity contribution in [2.45, 2.75) is 52.6 Å². The highest BCUT2D eigenvalue weighted by Gasteiger charge is 2.27. The standard InChI is InChI=1S/C18H27NO2/c1-14-7-5-8-15(11-14)12-16-9-6-10-19(13-16)17(20)21-18(2,3)4/h5,7-8,11,16H,6,9-10,12-13H2,1-4H3/t16-/m0/s1. The molecule has 1 fully saturated rings. The van der Waals surface area contributed by atoms with E-state index in [9.17, 15) is 4.79 Å². The van der Waals surface area contributed by atoms with Crippen molar-refractivity contribution in [1.29, 1.82) is 0 Å². The molecule has 0 unspecified atom stereocenters. The molecule has 116 valence electrons. The third-order valence-electron chi connectivity index (χ3n) is 3.78. The highest BCUT2D eigenvalue weighted by Crippen LogP contribution is 2.23. The maximum Gasteiger partial charge on any atom is 0.410 e. The van der Waals surface area contributed by atoms with E-state index in [1.165, 1.54) is 17.5 Å². The topological polar surface area (TPSA) is 29.5 Å². The van der Waals surface area contributed by atoms with Gasteiger partial charge in [-0.1, -0.05) is 29.8 Å². The lowest BCUT2D eigenvalue weighted by atomic mass is 9.91. The summed E-state index contributed by atoms with van der Waals surface area (Å²) in [4.78, 5) is 14.0. The van der Waals surface area contributed by atoms with Crippen LogP contribution in [0.15, 0.2) is 24.3 Å². The average molecular weight is 289 g/mol. The second kappa shape index (κ2) is 6.50. The van der Waals surface area contributed by atoms with Crippen LogP contribution in [0.3, 0.4) is 0 Å². The summed E-state index contributed by atoms with van der Waals surface area (Å²) in [5.74, 6) is 0.535. The van der Waals surface area contributed by atoms with Crippen molar-refractivity contribution in [2.75, 3.05) is 13.1 Å². The van der Waals surface area contributed by atoms with E-state index in [0.29, 0.717) is 5.92 Å². The number of benzene rings is 1.